The van der Waals surface area contributed by atoms with Gasteiger partial charge >= 0.3 is 5.69 Å². The van der Waals surface area contributed by atoms with Gasteiger partial charge in [-0.3, -0.25) is 10.1 Å². The van der Waals surface area contributed by atoms with Crippen molar-refractivity contribution in [1.29, 1.82) is 0 Å². The minimum Gasteiger partial charge on any atom is -0.354 e. The van der Waals surface area contributed by atoms with E-state index in [9.17, 15) is 10.1 Å². The van der Waals surface area contributed by atoms with Crippen LogP contribution in [0.25, 0.3) is 0 Å². The zero-order valence-corrected chi connectivity index (χ0v) is 13.0. The molecule has 1 unspecified atom stereocenters. The molecule has 0 radical (unpaired) electrons. The number of nitrogens with one attached hydrogen (secondary N) is 1. The molecule has 1 rings (SSSR count). The van der Waals surface area contributed by atoms with Gasteiger partial charge in [0.05, 0.1) is 4.92 Å². The van der Waals surface area contributed by atoms with Gasteiger partial charge in [-0.05, 0) is 19.3 Å². The summed E-state index contributed by atoms with van der Waals surface area (Å²) in [5.41, 5.74) is -0.100. The molecule has 1 aromatic heterocycles. The predicted octanol–water partition coefficient (Wildman–Crippen LogP) is 2.69. The van der Waals surface area contributed by atoms with Gasteiger partial charge in [0.25, 0.3) is 0 Å². The maximum absolute atomic E-state index is 11.1. The SMILES string of the molecule is CCNc1ncc([N+](=O)[O-])c(N(C)C(C)C(C)(C)C)n1. The van der Waals surface area contributed by atoms with E-state index in [0.717, 1.165) is 0 Å². The fourth-order valence-corrected chi connectivity index (χ4v) is 1.76. The van der Waals surface area contributed by atoms with Crippen molar-refractivity contribution in [3.63, 3.8) is 0 Å². The Balaban J connectivity index is 3.24. The molecule has 1 N–H and O–H groups in total. The summed E-state index contributed by atoms with van der Waals surface area (Å²) >= 11 is 0. The summed E-state index contributed by atoms with van der Waals surface area (Å²) in [5, 5.41) is 14.1. The van der Waals surface area contributed by atoms with Crippen LogP contribution in [-0.2, 0) is 0 Å². The van der Waals surface area contributed by atoms with E-state index in [-0.39, 0.29) is 17.1 Å². The monoisotopic (exact) mass is 281 g/mol. The number of anilines is 2. The Morgan fingerprint density at radius 3 is 2.55 bits per heavy atom. The molecule has 1 atom stereocenters. The van der Waals surface area contributed by atoms with Crippen molar-refractivity contribution in [2.24, 2.45) is 5.41 Å². The Labute approximate surface area is 119 Å². The van der Waals surface area contributed by atoms with Crippen LogP contribution in [0.4, 0.5) is 17.5 Å². The molecule has 7 heteroatoms. The Hall–Kier alpha value is -1.92. The van der Waals surface area contributed by atoms with Gasteiger partial charge in [-0.15, -0.1) is 0 Å². The molecule has 0 saturated heterocycles. The highest BCUT2D eigenvalue weighted by Crippen LogP contribution is 2.31. The molecule has 7 nitrogen and oxygen atoms in total. The van der Waals surface area contributed by atoms with Gasteiger partial charge in [0, 0.05) is 19.6 Å². The third kappa shape index (κ3) is 3.55. The molecule has 0 aromatic carbocycles. The van der Waals surface area contributed by atoms with Crippen LogP contribution in [0, 0.1) is 15.5 Å². The lowest BCUT2D eigenvalue weighted by molar-refractivity contribution is -0.384. The fourth-order valence-electron chi connectivity index (χ4n) is 1.76. The highest BCUT2D eigenvalue weighted by Gasteiger charge is 2.29. The van der Waals surface area contributed by atoms with Crippen molar-refractivity contribution in [2.45, 2.75) is 40.7 Å². The number of rotatable bonds is 5. The molecular formula is C13H23N5O2. The molecule has 0 fully saturated rings. The van der Waals surface area contributed by atoms with Gasteiger partial charge in [0.2, 0.25) is 11.8 Å². The topological polar surface area (TPSA) is 84.2 Å². The van der Waals surface area contributed by atoms with Gasteiger partial charge in [-0.25, -0.2) is 4.98 Å². The van der Waals surface area contributed by atoms with Gasteiger partial charge in [0.1, 0.15) is 6.20 Å². The predicted molar refractivity (Wildman–Crippen MR) is 80.2 cm³/mol. The Morgan fingerprint density at radius 1 is 1.50 bits per heavy atom. The highest BCUT2D eigenvalue weighted by atomic mass is 16.6. The molecule has 0 amide bonds. The van der Waals surface area contributed by atoms with E-state index in [1.807, 2.05) is 25.8 Å². The molecule has 112 valence electrons. The van der Waals surface area contributed by atoms with Gasteiger partial charge in [-0.1, -0.05) is 20.8 Å². The summed E-state index contributed by atoms with van der Waals surface area (Å²) < 4.78 is 0. The van der Waals surface area contributed by atoms with Crippen molar-refractivity contribution in [1.82, 2.24) is 9.97 Å². The number of nitrogens with zero attached hydrogens (tertiary/aromatic N) is 4. The zero-order chi connectivity index (χ0) is 15.5. The van der Waals surface area contributed by atoms with E-state index in [0.29, 0.717) is 18.3 Å². The van der Waals surface area contributed by atoms with Crippen LogP contribution >= 0.6 is 0 Å². The first-order valence-electron chi connectivity index (χ1n) is 6.66. The first-order valence-corrected chi connectivity index (χ1v) is 6.66. The van der Waals surface area contributed by atoms with E-state index in [1.54, 1.807) is 0 Å². The number of hydrogen-bond donors (Lipinski definition) is 1. The first-order chi connectivity index (χ1) is 9.18. The smallest absolute Gasteiger partial charge is 0.329 e. The average Bonchev–Trinajstić information content (AvgIpc) is 2.36. The summed E-state index contributed by atoms with van der Waals surface area (Å²) in [7, 11) is 1.82. The molecule has 1 aromatic rings. The normalized spacial score (nSPS) is 12.9. The summed E-state index contributed by atoms with van der Waals surface area (Å²) in [5.74, 6) is 0.740. The Kier molecular flexibility index (Phi) is 4.86. The molecule has 0 saturated carbocycles. The quantitative estimate of drug-likeness (QED) is 0.660. The van der Waals surface area contributed by atoms with Crippen LogP contribution in [0.2, 0.25) is 0 Å². The van der Waals surface area contributed by atoms with E-state index < -0.39 is 4.92 Å². The molecule has 0 aliphatic heterocycles. The number of nitro groups is 1. The van der Waals surface area contributed by atoms with Crippen molar-refractivity contribution >= 4 is 17.5 Å². The van der Waals surface area contributed by atoms with E-state index in [4.69, 9.17) is 0 Å². The number of aromatic nitrogens is 2. The van der Waals surface area contributed by atoms with Gasteiger partial charge in [0.15, 0.2) is 0 Å². The third-order valence-corrected chi connectivity index (χ3v) is 3.45. The lowest BCUT2D eigenvalue weighted by atomic mass is 9.87. The second kappa shape index (κ2) is 6.02. The fraction of sp³-hybridized carbons (Fsp3) is 0.692. The first kappa shape index (κ1) is 16.1. The average molecular weight is 281 g/mol. The molecule has 1 heterocycles. The molecule has 0 aliphatic rings. The minimum absolute atomic E-state index is 0.0219. The lowest BCUT2D eigenvalue weighted by Gasteiger charge is -2.35. The molecular weight excluding hydrogens is 258 g/mol. The second-order valence-corrected chi connectivity index (χ2v) is 5.84. The second-order valence-electron chi connectivity index (χ2n) is 5.84. The zero-order valence-electron chi connectivity index (χ0n) is 13.0. The summed E-state index contributed by atoms with van der Waals surface area (Å²) in [6.45, 7) is 10.9. The van der Waals surface area contributed by atoms with E-state index in [1.165, 1.54) is 6.20 Å². The van der Waals surface area contributed by atoms with Gasteiger partial charge < -0.3 is 10.2 Å². The maximum atomic E-state index is 11.1. The minimum atomic E-state index is -0.447. The molecule has 0 aliphatic carbocycles. The maximum Gasteiger partial charge on any atom is 0.329 e. The van der Waals surface area contributed by atoms with Crippen LogP contribution in [0.15, 0.2) is 6.20 Å². The summed E-state index contributed by atoms with van der Waals surface area (Å²) in [4.78, 5) is 20.8. The van der Waals surface area contributed by atoms with Crippen LogP contribution < -0.4 is 10.2 Å². The van der Waals surface area contributed by atoms with Crippen LogP contribution in [0.5, 0.6) is 0 Å². The highest BCUT2D eigenvalue weighted by molar-refractivity contribution is 5.59. The van der Waals surface area contributed by atoms with Crippen molar-refractivity contribution in [3.8, 4) is 0 Å². The van der Waals surface area contributed by atoms with E-state index in [2.05, 4.69) is 36.1 Å². The standard InChI is InChI=1S/C13H23N5O2/c1-7-14-12-15-8-10(18(19)20)11(16-12)17(6)9(2)13(3,4)5/h8-9H,7H2,1-6H3,(H,14,15,16). The Morgan fingerprint density at radius 2 is 2.10 bits per heavy atom. The van der Waals surface area contributed by atoms with Crippen molar-refractivity contribution < 1.29 is 4.92 Å². The number of hydrogen-bond acceptors (Lipinski definition) is 6. The lowest BCUT2D eigenvalue weighted by Crippen LogP contribution is -2.40. The van der Waals surface area contributed by atoms with Crippen LogP contribution in [-0.4, -0.2) is 34.5 Å². The van der Waals surface area contributed by atoms with Crippen LogP contribution in [0.3, 0.4) is 0 Å². The summed E-state index contributed by atoms with van der Waals surface area (Å²) in [6, 6.07) is 0.0885. The van der Waals surface area contributed by atoms with Gasteiger partial charge in [-0.2, -0.15) is 4.98 Å². The van der Waals surface area contributed by atoms with Crippen molar-refractivity contribution in [3.05, 3.63) is 16.3 Å². The molecule has 0 bridgehead atoms. The summed E-state index contributed by atoms with van der Waals surface area (Å²) in [6.07, 6.45) is 1.26. The van der Waals surface area contributed by atoms with E-state index >= 15 is 0 Å². The Bertz CT molecular complexity index is 484. The molecule has 0 spiro atoms. The molecule has 20 heavy (non-hydrogen) atoms. The largest absolute Gasteiger partial charge is 0.354 e. The van der Waals surface area contributed by atoms with Crippen LogP contribution in [0.1, 0.15) is 34.6 Å². The van der Waals surface area contributed by atoms with Crippen molar-refractivity contribution in [2.75, 3.05) is 23.8 Å². The third-order valence-electron chi connectivity index (χ3n) is 3.45.